The number of rotatable bonds is 8. The van der Waals surface area contributed by atoms with Crippen molar-refractivity contribution in [1.82, 2.24) is 24.9 Å². The highest BCUT2D eigenvalue weighted by molar-refractivity contribution is 5.93. The lowest BCUT2D eigenvalue weighted by atomic mass is 9.86. The monoisotopic (exact) mass is 515 g/mol. The topological polar surface area (TPSA) is 117 Å². The number of esters is 1. The summed E-state index contributed by atoms with van der Waals surface area (Å²) in [5.74, 6) is 0.564. The molecule has 0 spiro atoms. The fourth-order valence-electron chi connectivity index (χ4n) is 4.70. The fourth-order valence-corrected chi connectivity index (χ4v) is 4.70. The van der Waals surface area contributed by atoms with Crippen molar-refractivity contribution in [3.8, 4) is 22.8 Å². The van der Waals surface area contributed by atoms with E-state index in [1.165, 1.54) is 0 Å². The minimum absolute atomic E-state index is 0.0366. The molecule has 3 aromatic heterocycles. The van der Waals surface area contributed by atoms with Crippen LogP contribution in [0.2, 0.25) is 0 Å². The zero-order valence-corrected chi connectivity index (χ0v) is 21.3. The lowest BCUT2D eigenvalue weighted by Gasteiger charge is -2.27. The number of nitrogens with one attached hydrogen (secondary N) is 1. The summed E-state index contributed by atoms with van der Waals surface area (Å²) >= 11 is 0. The first-order valence-electron chi connectivity index (χ1n) is 12.5. The SMILES string of the molecule is COc1ccc(-c2ccnc3cc(C(=O)N[C@H]4CC[C@@H](C(=O)OCc5ccccn5)CC4)nn23)cc1OC. The van der Waals surface area contributed by atoms with E-state index in [4.69, 9.17) is 14.2 Å². The Morgan fingerprint density at radius 1 is 0.947 bits per heavy atom. The van der Waals surface area contributed by atoms with E-state index in [9.17, 15) is 9.59 Å². The van der Waals surface area contributed by atoms with Crippen molar-refractivity contribution in [2.75, 3.05) is 14.2 Å². The smallest absolute Gasteiger partial charge is 0.309 e. The molecule has 0 radical (unpaired) electrons. The van der Waals surface area contributed by atoms with Gasteiger partial charge in [0.15, 0.2) is 22.8 Å². The lowest BCUT2D eigenvalue weighted by Crippen LogP contribution is -2.39. The molecule has 1 fully saturated rings. The van der Waals surface area contributed by atoms with Gasteiger partial charge in [0.1, 0.15) is 6.61 Å². The Bertz CT molecular complexity index is 1430. The van der Waals surface area contributed by atoms with Crippen molar-refractivity contribution in [1.29, 1.82) is 0 Å². The average molecular weight is 516 g/mol. The van der Waals surface area contributed by atoms with Crippen LogP contribution in [0.3, 0.4) is 0 Å². The second-order valence-corrected chi connectivity index (χ2v) is 9.15. The van der Waals surface area contributed by atoms with Gasteiger partial charge in [0.25, 0.3) is 5.91 Å². The minimum Gasteiger partial charge on any atom is -0.493 e. The number of amides is 1. The summed E-state index contributed by atoms with van der Waals surface area (Å²) in [6.45, 7) is 0.170. The molecule has 0 aliphatic heterocycles. The van der Waals surface area contributed by atoms with Crippen molar-refractivity contribution in [2.24, 2.45) is 5.92 Å². The maximum atomic E-state index is 13.0. The van der Waals surface area contributed by atoms with E-state index in [-0.39, 0.29) is 36.1 Å². The third kappa shape index (κ3) is 5.44. The van der Waals surface area contributed by atoms with Gasteiger partial charge in [-0.2, -0.15) is 5.10 Å². The predicted octanol–water partition coefficient (Wildman–Crippen LogP) is 3.84. The molecule has 10 heteroatoms. The third-order valence-corrected chi connectivity index (χ3v) is 6.75. The van der Waals surface area contributed by atoms with Crippen LogP contribution >= 0.6 is 0 Å². The van der Waals surface area contributed by atoms with Gasteiger partial charge in [-0.1, -0.05) is 6.07 Å². The number of nitrogens with zero attached hydrogens (tertiary/aromatic N) is 4. The first-order chi connectivity index (χ1) is 18.6. The maximum absolute atomic E-state index is 13.0. The third-order valence-electron chi connectivity index (χ3n) is 6.75. The Morgan fingerprint density at radius 2 is 1.76 bits per heavy atom. The number of fused-ring (bicyclic) bond motifs is 1. The Morgan fingerprint density at radius 3 is 2.50 bits per heavy atom. The second kappa shape index (κ2) is 11.3. The van der Waals surface area contributed by atoms with Crippen LogP contribution in [0, 0.1) is 5.92 Å². The van der Waals surface area contributed by atoms with E-state index < -0.39 is 0 Å². The minimum atomic E-state index is -0.269. The summed E-state index contributed by atoms with van der Waals surface area (Å²) < 4.78 is 17.8. The van der Waals surface area contributed by atoms with Crippen LogP contribution in [0.5, 0.6) is 11.5 Å². The number of pyridine rings is 1. The molecule has 0 unspecified atom stereocenters. The molecule has 1 saturated carbocycles. The molecule has 1 aromatic carbocycles. The molecule has 0 atom stereocenters. The first kappa shape index (κ1) is 25.2. The highest BCUT2D eigenvalue weighted by Gasteiger charge is 2.29. The molecule has 0 bridgehead atoms. The first-order valence-corrected chi connectivity index (χ1v) is 12.5. The predicted molar refractivity (Wildman–Crippen MR) is 139 cm³/mol. The summed E-state index contributed by atoms with van der Waals surface area (Å²) in [6, 6.07) is 14.5. The number of carbonyl (C=O) groups excluding carboxylic acids is 2. The average Bonchev–Trinajstić information content (AvgIpc) is 3.41. The number of ether oxygens (including phenoxy) is 3. The number of methoxy groups -OCH3 is 2. The lowest BCUT2D eigenvalue weighted by molar-refractivity contribution is -0.151. The zero-order valence-electron chi connectivity index (χ0n) is 21.3. The largest absolute Gasteiger partial charge is 0.493 e. The van der Waals surface area contributed by atoms with Gasteiger partial charge in [0, 0.05) is 30.1 Å². The fraction of sp³-hybridized carbons (Fsp3) is 0.321. The van der Waals surface area contributed by atoms with Gasteiger partial charge in [-0.25, -0.2) is 9.50 Å². The van der Waals surface area contributed by atoms with Gasteiger partial charge >= 0.3 is 5.97 Å². The Labute approximate surface area is 220 Å². The van der Waals surface area contributed by atoms with Crippen LogP contribution in [0.1, 0.15) is 41.9 Å². The Kier molecular flexibility index (Phi) is 7.48. The number of hydrogen-bond acceptors (Lipinski definition) is 8. The molecule has 5 rings (SSSR count). The van der Waals surface area contributed by atoms with Crippen LogP contribution in [0.25, 0.3) is 16.9 Å². The quantitative estimate of drug-likeness (QED) is 0.352. The van der Waals surface area contributed by atoms with Crippen molar-refractivity contribution in [3.05, 3.63) is 72.3 Å². The zero-order chi connectivity index (χ0) is 26.5. The van der Waals surface area contributed by atoms with E-state index in [1.54, 1.807) is 37.2 Å². The summed E-state index contributed by atoms with van der Waals surface area (Å²) in [5.41, 5.74) is 3.17. The van der Waals surface area contributed by atoms with E-state index >= 15 is 0 Å². The normalized spacial score (nSPS) is 17.1. The van der Waals surface area contributed by atoms with Gasteiger partial charge in [0.2, 0.25) is 0 Å². The van der Waals surface area contributed by atoms with Crippen molar-refractivity contribution >= 4 is 17.5 Å². The highest BCUT2D eigenvalue weighted by atomic mass is 16.5. The molecular formula is C28H29N5O5. The van der Waals surface area contributed by atoms with E-state index in [0.29, 0.717) is 42.8 Å². The molecule has 1 N–H and O–H groups in total. The van der Waals surface area contributed by atoms with E-state index in [1.807, 2.05) is 42.5 Å². The van der Waals surface area contributed by atoms with Gasteiger partial charge < -0.3 is 19.5 Å². The number of aromatic nitrogens is 4. The Balaban J connectivity index is 1.21. The summed E-state index contributed by atoms with van der Waals surface area (Å²) in [6.07, 6.45) is 6.05. The molecule has 38 heavy (non-hydrogen) atoms. The molecule has 4 aromatic rings. The van der Waals surface area contributed by atoms with E-state index in [0.717, 1.165) is 17.0 Å². The van der Waals surface area contributed by atoms with Crippen LogP contribution in [-0.4, -0.2) is 51.7 Å². The molecule has 10 nitrogen and oxygen atoms in total. The van der Waals surface area contributed by atoms with Gasteiger partial charge in [0.05, 0.1) is 31.5 Å². The van der Waals surface area contributed by atoms with Crippen molar-refractivity contribution in [3.63, 3.8) is 0 Å². The number of carbonyl (C=O) groups is 2. The van der Waals surface area contributed by atoms with Crippen molar-refractivity contribution < 1.29 is 23.8 Å². The summed E-state index contributed by atoms with van der Waals surface area (Å²) in [7, 11) is 3.17. The van der Waals surface area contributed by atoms with Gasteiger partial charge in [-0.3, -0.25) is 14.6 Å². The second-order valence-electron chi connectivity index (χ2n) is 9.15. The van der Waals surface area contributed by atoms with E-state index in [2.05, 4.69) is 20.4 Å². The molecular weight excluding hydrogens is 486 g/mol. The molecule has 1 aliphatic carbocycles. The molecule has 196 valence electrons. The molecule has 3 heterocycles. The summed E-state index contributed by atoms with van der Waals surface area (Å²) in [5, 5.41) is 7.60. The maximum Gasteiger partial charge on any atom is 0.309 e. The van der Waals surface area contributed by atoms with Gasteiger partial charge in [-0.15, -0.1) is 0 Å². The summed E-state index contributed by atoms with van der Waals surface area (Å²) in [4.78, 5) is 34.1. The van der Waals surface area contributed by atoms with Crippen LogP contribution in [0.4, 0.5) is 0 Å². The van der Waals surface area contributed by atoms with Crippen LogP contribution < -0.4 is 14.8 Å². The Hall–Kier alpha value is -4.47. The number of hydrogen-bond donors (Lipinski definition) is 1. The van der Waals surface area contributed by atoms with Gasteiger partial charge in [-0.05, 0) is 62.1 Å². The number of benzene rings is 1. The standard InChI is InChI=1S/C28H29N5O5/c1-36-24-11-8-19(15-25(24)37-2)23-12-14-30-26-16-22(32-33(23)26)27(34)31-20-9-6-18(7-10-20)28(35)38-17-21-5-3-4-13-29-21/h3-5,8,11-16,18,20H,6-7,9-10,17H2,1-2H3,(H,31,34)/t18-,20+. The molecule has 1 aliphatic rings. The highest BCUT2D eigenvalue weighted by Crippen LogP contribution is 2.32. The van der Waals surface area contributed by atoms with Crippen LogP contribution in [-0.2, 0) is 16.1 Å². The van der Waals surface area contributed by atoms with Crippen molar-refractivity contribution in [2.45, 2.75) is 38.3 Å². The molecule has 0 saturated heterocycles. The van der Waals surface area contributed by atoms with Crippen LogP contribution in [0.15, 0.2) is 60.9 Å². The molecule has 1 amide bonds.